The van der Waals surface area contributed by atoms with Crippen LogP contribution in [0.3, 0.4) is 0 Å². The molecule has 0 fully saturated rings. The molecule has 0 aliphatic carbocycles. The number of aromatic nitrogens is 3. The van der Waals surface area contributed by atoms with Crippen LogP contribution in [-0.2, 0) is 16.8 Å². The van der Waals surface area contributed by atoms with E-state index in [0.29, 0.717) is 5.92 Å². The van der Waals surface area contributed by atoms with Gasteiger partial charge in [0.2, 0.25) is 0 Å². The van der Waals surface area contributed by atoms with Crippen LogP contribution >= 0.6 is 0 Å². The van der Waals surface area contributed by atoms with Gasteiger partial charge in [-0.25, -0.2) is 4.68 Å². The van der Waals surface area contributed by atoms with Gasteiger partial charge in [0.1, 0.15) is 0 Å². The van der Waals surface area contributed by atoms with Crippen molar-refractivity contribution in [2.45, 2.75) is 53.1 Å². The highest BCUT2D eigenvalue weighted by molar-refractivity contribution is 4.93. The van der Waals surface area contributed by atoms with E-state index in [2.05, 4.69) is 50.2 Å². The minimum atomic E-state index is -0.00872. The van der Waals surface area contributed by atoms with Crippen LogP contribution in [-0.4, -0.2) is 34.8 Å². The summed E-state index contributed by atoms with van der Waals surface area (Å²) < 4.78 is 7.43. The van der Waals surface area contributed by atoms with Gasteiger partial charge < -0.3 is 10.1 Å². The smallest absolute Gasteiger partial charge is 0.0965 e. The molecule has 0 aliphatic heterocycles. The van der Waals surface area contributed by atoms with E-state index in [1.54, 1.807) is 0 Å². The lowest BCUT2D eigenvalue weighted by Crippen LogP contribution is -2.22. The molecule has 0 radical (unpaired) electrons. The van der Waals surface area contributed by atoms with Crippen LogP contribution in [0.25, 0.3) is 0 Å². The summed E-state index contributed by atoms with van der Waals surface area (Å²) in [5, 5.41) is 11.6. The van der Waals surface area contributed by atoms with Gasteiger partial charge in [0.05, 0.1) is 24.0 Å². The van der Waals surface area contributed by atoms with Crippen molar-refractivity contribution in [3.63, 3.8) is 0 Å². The zero-order valence-corrected chi connectivity index (χ0v) is 12.9. The van der Waals surface area contributed by atoms with Gasteiger partial charge in [0.25, 0.3) is 0 Å². The lowest BCUT2D eigenvalue weighted by Gasteiger charge is -2.17. The van der Waals surface area contributed by atoms with Gasteiger partial charge in [-0.2, -0.15) is 0 Å². The van der Waals surface area contributed by atoms with E-state index in [0.717, 1.165) is 38.4 Å². The molecule has 1 aromatic rings. The van der Waals surface area contributed by atoms with Gasteiger partial charge in [0.15, 0.2) is 0 Å². The van der Waals surface area contributed by atoms with Crippen LogP contribution in [0.5, 0.6) is 0 Å². The summed E-state index contributed by atoms with van der Waals surface area (Å²) in [6.07, 6.45) is 3.12. The molecule has 0 aliphatic rings. The van der Waals surface area contributed by atoms with Crippen molar-refractivity contribution in [3.8, 4) is 0 Å². The highest BCUT2D eigenvalue weighted by Gasteiger charge is 2.14. The average Bonchev–Trinajstić information content (AvgIpc) is 2.75. The molecule has 5 nitrogen and oxygen atoms in total. The predicted octanol–water partition coefficient (Wildman–Crippen LogP) is 2.19. The normalized spacial score (nSPS) is 12.3. The van der Waals surface area contributed by atoms with E-state index in [4.69, 9.17) is 4.74 Å². The Labute approximate surface area is 116 Å². The molecule has 1 rings (SSSR count). The molecular weight excluding hydrogens is 240 g/mol. The molecule has 110 valence electrons. The van der Waals surface area contributed by atoms with Crippen molar-refractivity contribution in [3.05, 3.63) is 11.9 Å². The second kappa shape index (κ2) is 7.60. The highest BCUT2D eigenvalue weighted by atomic mass is 16.5. The number of hydrogen-bond acceptors (Lipinski definition) is 4. The molecule has 0 aromatic carbocycles. The SMILES string of the molecule is CC(C)CCOCCNCc1cn(C(C)(C)C)nn1. The largest absolute Gasteiger partial charge is 0.380 e. The Bertz CT molecular complexity index is 355. The third-order valence-electron chi connectivity index (χ3n) is 2.80. The maximum absolute atomic E-state index is 5.54. The molecule has 0 atom stereocenters. The van der Waals surface area contributed by atoms with E-state index in [-0.39, 0.29) is 5.54 Å². The van der Waals surface area contributed by atoms with E-state index in [1.165, 1.54) is 0 Å². The zero-order valence-electron chi connectivity index (χ0n) is 12.9. The first kappa shape index (κ1) is 16.1. The van der Waals surface area contributed by atoms with Crippen molar-refractivity contribution >= 4 is 0 Å². The lowest BCUT2D eigenvalue weighted by molar-refractivity contribution is 0.125. The topological polar surface area (TPSA) is 52.0 Å². The third-order valence-corrected chi connectivity index (χ3v) is 2.80. The first-order valence-electron chi connectivity index (χ1n) is 7.10. The molecular formula is C14H28N4O. The number of rotatable bonds is 8. The zero-order chi connectivity index (χ0) is 14.3. The Hall–Kier alpha value is -0.940. The molecule has 0 unspecified atom stereocenters. The van der Waals surface area contributed by atoms with E-state index in [9.17, 15) is 0 Å². The van der Waals surface area contributed by atoms with E-state index in [1.807, 2.05) is 10.9 Å². The molecule has 5 heteroatoms. The average molecular weight is 268 g/mol. The van der Waals surface area contributed by atoms with Gasteiger partial charge in [-0.15, -0.1) is 5.10 Å². The number of nitrogens with one attached hydrogen (secondary N) is 1. The van der Waals surface area contributed by atoms with Crippen LogP contribution < -0.4 is 5.32 Å². The fourth-order valence-corrected chi connectivity index (χ4v) is 1.49. The van der Waals surface area contributed by atoms with Crippen molar-refractivity contribution in [2.75, 3.05) is 19.8 Å². The van der Waals surface area contributed by atoms with Crippen molar-refractivity contribution < 1.29 is 4.74 Å². The van der Waals surface area contributed by atoms with Gasteiger partial charge in [-0.1, -0.05) is 19.1 Å². The van der Waals surface area contributed by atoms with Crippen LogP contribution in [0.1, 0.15) is 46.7 Å². The maximum atomic E-state index is 5.54. The van der Waals surface area contributed by atoms with E-state index >= 15 is 0 Å². The molecule has 19 heavy (non-hydrogen) atoms. The monoisotopic (exact) mass is 268 g/mol. The van der Waals surface area contributed by atoms with Crippen LogP contribution in [0.4, 0.5) is 0 Å². The molecule has 0 saturated heterocycles. The maximum Gasteiger partial charge on any atom is 0.0965 e. The second-order valence-electron chi connectivity index (χ2n) is 6.30. The number of nitrogens with zero attached hydrogens (tertiary/aromatic N) is 3. The molecule has 0 bridgehead atoms. The minimum absolute atomic E-state index is 0.00872. The van der Waals surface area contributed by atoms with Crippen LogP contribution in [0.15, 0.2) is 6.20 Å². The van der Waals surface area contributed by atoms with Crippen LogP contribution in [0, 0.1) is 5.92 Å². The Kier molecular flexibility index (Phi) is 6.45. The molecule has 1 N–H and O–H groups in total. The summed E-state index contributed by atoms with van der Waals surface area (Å²) in [6, 6.07) is 0. The van der Waals surface area contributed by atoms with Gasteiger partial charge in [-0.05, 0) is 33.1 Å². The predicted molar refractivity (Wildman–Crippen MR) is 77.0 cm³/mol. The summed E-state index contributed by atoms with van der Waals surface area (Å²) >= 11 is 0. The number of ether oxygens (including phenoxy) is 1. The quantitative estimate of drug-likeness (QED) is 0.734. The Balaban J connectivity index is 2.11. The first-order valence-corrected chi connectivity index (χ1v) is 7.10. The summed E-state index contributed by atoms with van der Waals surface area (Å²) in [5.41, 5.74) is 0.961. The fourth-order valence-electron chi connectivity index (χ4n) is 1.49. The Morgan fingerprint density at radius 2 is 2.05 bits per heavy atom. The Morgan fingerprint density at radius 1 is 1.32 bits per heavy atom. The van der Waals surface area contributed by atoms with Crippen molar-refractivity contribution in [2.24, 2.45) is 5.92 Å². The number of hydrogen-bond donors (Lipinski definition) is 1. The molecule has 0 amide bonds. The second-order valence-corrected chi connectivity index (χ2v) is 6.30. The van der Waals surface area contributed by atoms with E-state index < -0.39 is 0 Å². The molecule has 1 heterocycles. The standard InChI is InChI=1S/C14H28N4O/c1-12(2)6-8-19-9-7-15-10-13-11-18(17-16-13)14(3,4)5/h11-12,15H,6-10H2,1-5H3. The summed E-state index contributed by atoms with van der Waals surface area (Å²) in [4.78, 5) is 0. The summed E-state index contributed by atoms with van der Waals surface area (Å²) in [6.45, 7) is 13.9. The highest BCUT2D eigenvalue weighted by Crippen LogP contribution is 2.11. The third kappa shape index (κ3) is 6.68. The summed E-state index contributed by atoms with van der Waals surface area (Å²) in [7, 11) is 0. The van der Waals surface area contributed by atoms with Gasteiger partial charge in [-0.3, -0.25) is 0 Å². The molecule has 0 saturated carbocycles. The van der Waals surface area contributed by atoms with Gasteiger partial charge >= 0.3 is 0 Å². The van der Waals surface area contributed by atoms with Crippen molar-refractivity contribution in [1.29, 1.82) is 0 Å². The Morgan fingerprint density at radius 3 is 2.63 bits per heavy atom. The summed E-state index contributed by atoms with van der Waals surface area (Å²) in [5.74, 6) is 0.709. The lowest BCUT2D eigenvalue weighted by atomic mass is 10.1. The molecule has 0 spiro atoms. The van der Waals surface area contributed by atoms with Crippen molar-refractivity contribution in [1.82, 2.24) is 20.3 Å². The van der Waals surface area contributed by atoms with Gasteiger partial charge in [0, 0.05) is 19.7 Å². The molecule has 1 aromatic heterocycles. The first-order chi connectivity index (χ1) is 8.89. The fraction of sp³-hybridized carbons (Fsp3) is 0.857. The minimum Gasteiger partial charge on any atom is -0.380 e. The van der Waals surface area contributed by atoms with Crippen LogP contribution in [0.2, 0.25) is 0 Å².